The van der Waals surface area contributed by atoms with Crippen molar-refractivity contribution >= 4 is 11.0 Å². The van der Waals surface area contributed by atoms with E-state index in [0.717, 1.165) is 19.5 Å². The summed E-state index contributed by atoms with van der Waals surface area (Å²) in [6.45, 7) is 3.64. The molecule has 2 N–H and O–H groups in total. The summed E-state index contributed by atoms with van der Waals surface area (Å²) in [5.74, 6) is 0.715. The zero-order valence-corrected chi connectivity index (χ0v) is 7.06. The zero-order valence-electron chi connectivity index (χ0n) is 6.25. The van der Waals surface area contributed by atoms with Crippen LogP contribution in [0.3, 0.4) is 0 Å². The molecule has 4 heteroatoms. The van der Waals surface area contributed by atoms with Gasteiger partial charge in [-0.25, -0.2) is 8.51 Å². The van der Waals surface area contributed by atoms with E-state index in [0.29, 0.717) is 5.75 Å². The van der Waals surface area contributed by atoms with Crippen LogP contribution in [0.2, 0.25) is 0 Å². The van der Waals surface area contributed by atoms with Crippen molar-refractivity contribution in [2.75, 3.05) is 18.8 Å². The molecule has 0 aromatic rings. The van der Waals surface area contributed by atoms with Crippen molar-refractivity contribution in [3.05, 3.63) is 0 Å². The third kappa shape index (κ3) is 1.78. The molecule has 0 bridgehead atoms. The minimum atomic E-state index is -0.770. The summed E-state index contributed by atoms with van der Waals surface area (Å²) in [6, 6.07) is 0.246. The highest BCUT2D eigenvalue weighted by molar-refractivity contribution is 7.82. The molecule has 1 aliphatic rings. The van der Waals surface area contributed by atoms with Crippen molar-refractivity contribution in [1.29, 1.82) is 0 Å². The molecular formula is C6H14N2OS. The number of hydrogen-bond donors (Lipinski definition) is 1. The van der Waals surface area contributed by atoms with Crippen LogP contribution < -0.4 is 5.73 Å². The largest absolute Gasteiger partial charge is 0.326 e. The first-order valence-corrected chi connectivity index (χ1v) is 4.90. The zero-order chi connectivity index (χ0) is 7.56. The predicted octanol–water partition coefficient (Wildman–Crippen LogP) is -0.297. The fourth-order valence-corrected chi connectivity index (χ4v) is 2.15. The van der Waals surface area contributed by atoms with Gasteiger partial charge in [-0.1, -0.05) is 6.92 Å². The second kappa shape index (κ2) is 3.46. The smallest absolute Gasteiger partial charge is 0.0940 e. The van der Waals surface area contributed by atoms with Crippen molar-refractivity contribution in [1.82, 2.24) is 4.31 Å². The molecule has 0 aliphatic carbocycles. The number of rotatable bonds is 2. The molecule has 2 atom stereocenters. The SMILES string of the molecule is CCS(=O)N1CC[C@H](N)C1. The molecule has 1 rings (SSSR count). The summed E-state index contributed by atoms with van der Waals surface area (Å²) >= 11 is 0. The minimum absolute atomic E-state index is 0.246. The van der Waals surface area contributed by atoms with Crippen LogP contribution in [0.15, 0.2) is 0 Å². The number of nitrogens with zero attached hydrogens (tertiary/aromatic N) is 1. The fraction of sp³-hybridized carbons (Fsp3) is 1.00. The molecule has 1 saturated heterocycles. The van der Waals surface area contributed by atoms with Crippen molar-refractivity contribution in [3.8, 4) is 0 Å². The van der Waals surface area contributed by atoms with E-state index in [9.17, 15) is 4.21 Å². The van der Waals surface area contributed by atoms with E-state index >= 15 is 0 Å². The van der Waals surface area contributed by atoms with E-state index in [1.165, 1.54) is 0 Å². The van der Waals surface area contributed by atoms with E-state index in [1.54, 1.807) is 0 Å². The van der Waals surface area contributed by atoms with Crippen LogP contribution in [0.1, 0.15) is 13.3 Å². The Balaban J connectivity index is 2.37. The first-order valence-electron chi connectivity index (χ1n) is 3.63. The van der Waals surface area contributed by atoms with E-state index in [2.05, 4.69) is 0 Å². The molecule has 0 saturated carbocycles. The maximum absolute atomic E-state index is 11.1. The first-order chi connectivity index (χ1) is 4.74. The topological polar surface area (TPSA) is 46.3 Å². The molecule has 0 spiro atoms. The van der Waals surface area contributed by atoms with Crippen molar-refractivity contribution < 1.29 is 4.21 Å². The van der Waals surface area contributed by atoms with Crippen LogP contribution in [-0.4, -0.2) is 33.4 Å². The normalized spacial score (nSPS) is 30.8. The van der Waals surface area contributed by atoms with Gasteiger partial charge in [0.15, 0.2) is 0 Å². The van der Waals surface area contributed by atoms with Crippen LogP contribution in [0, 0.1) is 0 Å². The molecule has 1 fully saturated rings. The molecule has 0 aromatic heterocycles. The predicted molar refractivity (Wildman–Crippen MR) is 42.8 cm³/mol. The van der Waals surface area contributed by atoms with Gasteiger partial charge in [0, 0.05) is 24.9 Å². The van der Waals surface area contributed by atoms with Crippen LogP contribution in [-0.2, 0) is 11.0 Å². The Labute approximate surface area is 64.2 Å². The average Bonchev–Trinajstić information content (AvgIpc) is 2.34. The maximum atomic E-state index is 11.1. The fourth-order valence-electron chi connectivity index (χ4n) is 1.12. The Hall–Kier alpha value is 0.0700. The highest BCUT2D eigenvalue weighted by Gasteiger charge is 2.22. The molecule has 1 aliphatic heterocycles. The molecule has 10 heavy (non-hydrogen) atoms. The van der Waals surface area contributed by atoms with E-state index < -0.39 is 11.0 Å². The van der Waals surface area contributed by atoms with Crippen molar-refractivity contribution in [2.45, 2.75) is 19.4 Å². The molecule has 60 valence electrons. The highest BCUT2D eigenvalue weighted by Crippen LogP contribution is 2.08. The second-order valence-electron chi connectivity index (χ2n) is 2.55. The number of nitrogens with two attached hydrogens (primary N) is 1. The van der Waals surface area contributed by atoms with Crippen LogP contribution in [0.5, 0.6) is 0 Å². The lowest BCUT2D eigenvalue weighted by Gasteiger charge is -2.11. The molecule has 1 heterocycles. The second-order valence-corrected chi connectivity index (χ2v) is 4.28. The third-order valence-electron chi connectivity index (χ3n) is 1.72. The lowest BCUT2D eigenvalue weighted by Crippen LogP contribution is -2.28. The molecule has 0 aromatic carbocycles. The summed E-state index contributed by atoms with van der Waals surface area (Å²) in [5.41, 5.74) is 5.64. The monoisotopic (exact) mass is 162 g/mol. The van der Waals surface area contributed by atoms with Gasteiger partial charge in [0.1, 0.15) is 0 Å². The van der Waals surface area contributed by atoms with Gasteiger partial charge in [-0.2, -0.15) is 0 Å². The van der Waals surface area contributed by atoms with E-state index in [1.807, 2.05) is 11.2 Å². The Kier molecular flexibility index (Phi) is 2.82. The van der Waals surface area contributed by atoms with Gasteiger partial charge in [-0.05, 0) is 6.42 Å². The van der Waals surface area contributed by atoms with Crippen LogP contribution in [0.25, 0.3) is 0 Å². The van der Waals surface area contributed by atoms with Gasteiger partial charge in [0.25, 0.3) is 0 Å². The van der Waals surface area contributed by atoms with Gasteiger partial charge < -0.3 is 5.73 Å². The molecule has 3 nitrogen and oxygen atoms in total. The molecular weight excluding hydrogens is 148 g/mol. The van der Waals surface area contributed by atoms with Gasteiger partial charge in [0.05, 0.1) is 11.0 Å². The Morgan fingerprint density at radius 3 is 2.90 bits per heavy atom. The van der Waals surface area contributed by atoms with Crippen LogP contribution >= 0.6 is 0 Å². The van der Waals surface area contributed by atoms with Gasteiger partial charge in [0.2, 0.25) is 0 Å². The summed E-state index contributed by atoms with van der Waals surface area (Å²) in [5, 5.41) is 0. The molecule has 0 amide bonds. The quantitative estimate of drug-likeness (QED) is 0.606. The van der Waals surface area contributed by atoms with E-state index in [-0.39, 0.29) is 6.04 Å². The Morgan fingerprint density at radius 2 is 2.50 bits per heavy atom. The lowest BCUT2D eigenvalue weighted by molar-refractivity contribution is 0.528. The minimum Gasteiger partial charge on any atom is -0.326 e. The van der Waals surface area contributed by atoms with Crippen molar-refractivity contribution in [3.63, 3.8) is 0 Å². The number of hydrogen-bond acceptors (Lipinski definition) is 2. The summed E-state index contributed by atoms with van der Waals surface area (Å²) < 4.78 is 13.1. The Bertz CT molecular complexity index is 140. The van der Waals surface area contributed by atoms with Gasteiger partial charge >= 0.3 is 0 Å². The summed E-state index contributed by atoms with van der Waals surface area (Å²) in [7, 11) is -0.770. The van der Waals surface area contributed by atoms with Gasteiger partial charge in [-0.15, -0.1) is 0 Å². The summed E-state index contributed by atoms with van der Waals surface area (Å²) in [4.78, 5) is 0. The van der Waals surface area contributed by atoms with E-state index in [4.69, 9.17) is 5.73 Å². The summed E-state index contributed by atoms with van der Waals surface area (Å²) in [6.07, 6.45) is 0.992. The molecule has 1 unspecified atom stereocenters. The maximum Gasteiger partial charge on any atom is 0.0940 e. The standard InChI is InChI=1S/C6H14N2OS/c1-2-10(9)8-4-3-6(7)5-8/h6H,2-5,7H2,1H3/t6-,10?/m0/s1. The van der Waals surface area contributed by atoms with Gasteiger partial charge in [-0.3, -0.25) is 0 Å². The average molecular weight is 162 g/mol. The first kappa shape index (κ1) is 8.17. The highest BCUT2D eigenvalue weighted by atomic mass is 32.2. The third-order valence-corrected chi connectivity index (χ3v) is 3.12. The molecule has 0 radical (unpaired) electrons. The Morgan fingerprint density at radius 1 is 1.80 bits per heavy atom. The van der Waals surface area contributed by atoms with Crippen molar-refractivity contribution in [2.24, 2.45) is 5.73 Å². The lowest BCUT2D eigenvalue weighted by atomic mass is 10.3. The van der Waals surface area contributed by atoms with Crippen LogP contribution in [0.4, 0.5) is 0 Å².